The van der Waals surface area contributed by atoms with Crippen LogP contribution < -0.4 is 0 Å². The Morgan fingerprint density at radius 2 is 2.28 bits per heavy atom. The van der Waals surface area contributed by atoms with Crippen LogP contribution in [0.5, 0.6) is 5.75 Å². The largest absolute Gasteiger partial charge is 0.508 e. The van der Waals surface area contributed by atoms with E-state index in [4.69, 9.17) is 4.74 Å². The second-order valence-electron chi connectivity index (χ2n) is 5.09. The molecular formula is C15H20O3. The van der Waals surface area contributed by atoms with Crippen molar-refractivity contribution in [1.82, 2.24) is 0 Å². The van der Waals surface area contributed by atoms with E-state index >= 15 is 0 Å². The molecule has 0 spiro atoms. The van der Waals surface area contributed by atoms with Gasteiger partial charge in [0.25, 0.3) is 0 Å². The van der Waals surface area contributed by atoms with E-state index in [1.807, 2.05) is 19.1 Å². The molecule has 0 radical (unpaired) electrons. The van der Waals surface area contributed by atoms with Gasteiger partial charge in [0.15, 0.2) is 0 Å². The number of phenolic OH excluding ortho intramolecular Hbond substituents is 1. The molecule has 18 heavy (non-hydrogen) atoms. The molecule has 1 aromatic carbocycles. The van der Waals surface area contributed by atoms with Crippen molar-refractivity contribution in [3.8, 4) is 5.75 Å². The van der Waals surface area contributed by atoms with Gasteiger partial charge in [-0.1, -0.05) is 19.1 Å². The van der Waals surface area contributed by atoms with Crippen molar-refractivity contribution in [2.24, 2.45) is 11.8 Å². The van der Waals surface area contributed by atoms with Crippen molar-refractivity contribution in [2.75, 3.05) is 6.61 Å². The maximum Gasteiger partial charge on any atom is 0.306 e. The Balaban J connectivity index is 2.13. The highest BCUT2D eigenvalue weighted by atomic mass is 16.5. The first-order chi connectivity index (χ1) is 8.61. The van der Waals surface area contributed by atoms with Crippen LogP contribution in [0.15, 0.2) is 24.3 Å². The molecule has 98 valence electrons. The van der Waals surface area contributed by atoms with Crippen molar-refractivity contribution in [2.45, 2.75) is 32.6 Å². The van der Waals surface area contributed by atoms with E-state index in [-0.39, 0.29) is 17.6 Å². The summed E-state index contributed by atoms with van der Waals surface area (Å²) < 4.78 is 5.04. The molecule has 0 saturated heterocycles. The normalized spacial score (nSPS) is 23.4. The lowest BCUT2D eigenvalue weighted by Gasteiger charge is -2.16. The van der Waals surface area contributed by atoms with Gasteiger partial charge in [0.1, 0.15) is 5.75 Å². The Bertz CT molecular complexity index is 428. The smallest absolute Gasteiger partial charge is 0.306 e. The van der Waals surface area contributed by atoms with Gasteiger partial charge in [0.05, 0.1) is 13.0 Å². The number of aromatic hydroxyl groups is 1. The number of phenols is 1. The van der Waals surface area contributed by atoms with Crippen molar-refractivity contribution in [3.63, 3.8) is 0 Å². The quantitative estimate of drug-likeness (QED) is 0.814. The molecule has 0 unspecified atom stereocenters. The second kappa shape index (κ2) is 5.42. The van der Waals surface area contributed by atoms with Crippen LogP contribution in [0.2, 0.25) is 0 Å². The Labute approximate surface area is 108 Å². The third kappa shape index (κ3) is 3.03. The monoisotopic (exact) mass is 248 g/mol. The van der Waals surface area contributed by atoms with E-state index in [2.05, 4.69) is 6.92 Å². The van der Waals surface area contributed by atoms with E-state index in [1.165, 1.54) is 0 Å². The lowest BCUT2D eigenvalue weighted by Crippen LogP contribution is -2.12. The fourth-order valence-corrected chi connectivity index (χ4v) is 2.58. The SMILES string of the molecule is CCOC(=O)C[C@@H](c1cccc(O)c1)[C@@H]1C[C@@H]1C. The zero-order valence-electron chi connectivity index (χ0n) is 10.9. The summed E-state index contributed by atoms with van der Waals surface area (Å²) in [6.45, 7) is 4.44. The summed E-state index contributed by atoms with van der Waals surface area (Å²) >= 11 is 0. The molecule has 1 aliphatic carbocycles. The highest BCUT2D eigenvalue weighted by Gasteiger charge is 2.41. The number of ether oxygens (including phenoxy) is 1. The number of hydrogen-bond acceptors (Lipinski definition) is 3. The van der Waals surface area contributed by atoms with Crippen LogP contribution in [0, 0.1) is 11.8 Å². The fourth-order valence-electron chi connectivity index (χ4n) is 2.58. The third-order valence-corrected chi connectivity index (χ3v) is 3.68. The van der Waals surface area contributed by atoms with Gasteiger partial charge in [-0.05, 0) is 48.8 Å². The van der Waals surface area contributed by atoms with Crippen molar-refractivity contribution >= 4 is 5.97 Å². The third-order valence-electron chi connectivity index (χ3n) is 3.68. The van der Waals surface area contributed by atoms with E-state index in [9.17, 15) is 9.90 Å². The van der Waals surface area contributed by atoms with E-state index in [0.29, 0.717) is 24.9 Å². The summed E-state index contributed by atoms with van der Waals surface area (Å²) in [7, 11) is 0. The maximum absolute atomic E-state index is 11.7. The lowest BCUT2D eigenvalue weighted by molar-refractivity contribution is -0.143. The Hall–Kier alpha value is -1.51. The standard InChI is InChI=1S/C15H20O3/c1-3-18-15(17)9-14(13-7-10(13)2)11-5-4-6-12(16)8-11/h4-6,8,10,13-14,16H,3,7,9H2,1-2H3/t10-,13+,14-/m0/s1. The van der Waals surface area contributed by atoms with Crippen LogP contribution in [0.1, 0.15) is 38.2 Å². The summed E-state index contributed by atoms with van der Waals surface area (Å²) in [4.78, 5) is 11.7. The van der Waals surface area contributed by atoms with Gasteiger partial charge in [-0.25, -0.2) is 0 Å². The average molecular weight is 248 g/mol. The summed E-state index contributed by atoms with van der Waals surface area (Å²) in [5.41, 5.74) is 1.04. The van der Waals surface area contributed by atoms with Gasteiger partial charge in [-0.15, -0.1) is 0 Å². The number of esters is 1. The molecule has 0 bridgehead atoms. The van der Waals surface area contributed by atoms with Crippen molar-refractivity contribution in [1.29, 1.82) is 0 Å². The highest BCUT2D eigenvalue weighted by molar-refractivity contribution is 5.70. The van der Waals surface area contributed by atoms with Crippen LogP contribution in [-0.2, 0) is 9.53 Å². The van der Waals surface area contributed by atoms with E-state index < -0.39 is 0 Å². The zero-order valence-corrected chi connectivity index (χ0v) is 10.9. The predicted octanol–water partition coefficient (Wildman–Crippen LogP) is 3.09. The van der Waals surface area contributed by atoms with Crippen LogP contribution in [0.3, 0.4) is 0 Å². The summed E-state index contributed by atoms with van der Waals surface area (Å²) in [5.74, 6) is 1.48. The molecule has 1 aliphatic rings. The molecule has 0 heterocycles. The zero-order chi connectivity index (χ0) is 13.1. The number of carbonyl (C=O) groups excluding carboxylic acids is 1. The number of hydrogen-bond donors (Lipinski definition) is 1. The second-order valence-corrected chi connectivity index (χ2v) is 5.09. The van der Waals surface area contributed by atoms with Gasteiger partial charge in [0.2, 0.25) is 0 Å². The Morgan fingerprint density at radius 3 is 2.83 bits per heavy atom. The minimum Gasteiger partial charge on any atom is -0.508 e. The molecule has 1 aromatic rings. The molecule has 3 heteroatoms. The number of carbonyl (C=O) groups is 1. The minimum atomic E-state index is -0.148. The van der Waals surface area contributed by atoms with E-state index in [0.717, 1.165) is 12.0 Å². The molecule has 0 amide bonds. The van der Waals surface area contributed by atoms with Crippen molar-refractivity contribution < 1.29 is 14.6 Å². The first-order valence-corrected chi connectivity index (χ1v) is 6.56. The van der Waals surface area contributed by atoms with Gasteiger partial charge >= 0.3 is 5.97 Å². The molecular weight excluding hydrogens is 228 g/mol. The molecule has 1 N–H and O–H groups in total. The highest BCUT2D eigenvalue weighted by Crippen LogP contribution is 2.50. The Kier molecular flexibility index (Phi) is 3.90. The summed E-state index contributed by atoms with van der Waals surface area (Å²) in [6.07, 6.45) is 1.56. The lowest BCUT2D eigenvalue weighted by atomic mass is 9.90. The van der Waals surface area contributed by atoms with Crippen LogP contribution in [-0.4, -0.2) is 17.7 Å². The summed E-state index contributed by atoms with van der Waals surface area (Å²) in [5, 5.41) is 9.55. The number of benzene rings is 1. The first-order valence-electron chi connectivity index (χ1n) is 6.56. The summed E-state index contributed by atoms with van der Waals surface area (Å²) in [6, 6.07) is 7.22. The van der Waals surface area contributed by atoms with Gasteiger partial charge in [-0.2, -0.15) is 0 Å². The van der Waals surface area contributed by atoms with Crippen LogP contribution in [0.4, 0.5) is 0 Å². The van der Waals surface area contributed by atoms with E-state index in [1.54, 1.807) is 12.1 Å². The molecule has 2 rings (SSSR count). The molecule has 0 aromatic heterocycles. The molecule has 3 atom stereocenters. The fraction of sp³-hybridized carbons (Fsp3) is 0.533. The van der Waals surface area contributed by atoms with Crippen LogP contribution >= 0.6 is 0 Å². The van der Waals surface area contributed by atoms with Crippen LogP contribution in [0.25, 0.3) is 0 Å². The van der Waals surface area contributed by atoms with Gasteiger partial charge in [-0.3, -0.25) is 4.79 Å². The van der Waals surface area contributed by atoms with Gasteiger partial charge < -0.3 is 9.84 Å². The topological polar surface area (TPSA) is 46.5 Å². The molecule has 1 saturated carbocycles. The number of rotatable bonds is 5. The van der Waals surface area contributed by atoms with Crippen molar-refractivity contribution in [3.05, 3.63) is 29.8 Å². The molecule has 0 aliphatic heterocycles. The molecule has 1 fully saturated rings. The Morgan fingerprint density at radius 1 is 1.56 bits per heavy atom. The average Bonchev–Trinajstić information content (AvgIpc) is 3.03. The minimum absolute atomic E-state index is 0.148. The van der Waals surface area contributed by atoms with Gasteiger partial charge in [0, 0.05) is 0 Å². The first kappa shape index (κ1) is 12.9. The maximum atomic E-state index is 11.7. The molecule has 3 nitrogen and oxygen atoms in total. The predicted molar refractivity (Wildman–Crippen MR) is 69.4 cm³/mol.